The van der Waals surface area contributed by atoms with Crippen molar-refractivity contribution < 1.29 is 14.3 Å². The molecule has 0 radical (unpaired) electrons. The van der Waals surface area contributed by atoms with E-state index in [1.807, 2.05) is 0 Å². The van der Waals surface area contributed by atoms with Crippen molar-refractivity contribution in [1.82, 2.24) is 0 Å². The predicted molar refractivity (Wildman–Crippen MR) is 106 cm³/mol. The largest absolute Gasteiger partial charge is 0.481 e. The molecule has 0 amide bonds. The Hall–Kier alpha value is -0.353. The topological polar surface area (TPSA) is 46.5 Å². The molecule has 3 nitrogen and oxygen atoms in total. The van der Waals surface area contributed by atoms with Crippen LogP contribution < -0.4 is 0 Å². The van der Waals surface area contributed by atoms with Crippen LogP contribution in [-0.2, 0) is 9.22 Å². The zero-order valence-corrected chi connectivity index (χ0v) is 18.1. The number of unbranched alkanes of at least 4 members (excludes halogenated alkanes) is 8. The van der Waals surface area contributed by atoms with E-state index in [1.54, 1.807) is 0 Å². The van der Waals surface area contributed by atoms with Crippen molar-refractivity contribution in [2.24, 2.45) is 0 Å². The first-order valence-electron chi connectivity index (χ1n) is 9.99. The van der Waals surface area contributed by atoms with Gasteiger partial charge in [-0.2, -0.15) is 0 Å². The summed E-state index contributed by atoms with van der Waals surface area (Å²) in [5.74, 6) is -0.741. The van der Waals surface area contributed by atoms with E-state index in [2.05, 4.69) is 40.8 Å². The first kappa shape index (κ1) is 23.6. The SMILES string of the molecule is CCCCCCCCCCC[C@@H](CC(=O)O)O[Si](C)(C)C(C)(C)C. The van der Waals surface area contributed by atoms with Crippen molar-refractivity contribution in [3.8, 4) is 0 Å². The van der Waals surface area contributed by atoms with Crippen molar-refractivity contribution >= 4 is 14.3 Å². The number of hydrogen-bond donors (Lipinski definition) is 1. The highest BCUT2D eigenvalue weighted by Gasteiger charge is 2.39. The Kier molecular flexibility index (Phi) is 11.9. The summed E-state index contributed by atoms with van der Waals surface area (Å²) in [6, 6.07) is 0. The molecule has 0 unspecified atom stereocenters. The van der Waals surface area contributed by atoms with Crippen LogP contribution in [0.25, 0.3) is 0 Å². The summed E-state index contributed by atoms with van der Waals surface area (Å²) in [6.07, 6.45) is 12.5. The highest BCUT2D eigenvalue weighted by molar-refractivity contribution is 6.74. The van der Waals surface area contributed by atoms with Crippen LogP contribution in [0, 0.1) is 0 Å². The smallest absolute Gasteiger partial charge is 0.305 e. The minimum Gasteiger partial charge on any atom is -0.481 e. The van der Waals surface area contributed by atoms with Crippen LogP contribution in [0.15, 0.2) is 0 Å². The molecule has 1 atom stereocenters. The zero-order valence-electron chi connectivity index (χ0n) is 17.1. The highest BCUT2D eigenvalue weighted by atomic mass is 28.4. The van der Waals surface area contributed by atoms with Crippen LogP contribution in [0.5, 0.6) is 0 Å². The molecule has 24 heavy (non-hydrogen) atoms. The first-order valence-corrected chi connectivity index (χ1v) is 12.9. The molecule has 0 aliphatic heterocycles. The first-order chi connectivity index (χ1) is 11.1. The maximum absolute atomic E-state index is 11.1. The molecule has 0 aliphatic carbocycles. The van der Waals surface area contributed by atoms with Crippen molar-refractivity contribution in [2.75, 3.05) is 0 Å². The van der Waals surface area contributed by atoms with Gasteiger partial charge in [0.05, 0.1) is 12.5 Å². The second kappa shape index (κ2) is 12.1. The molecule has 4 heteroatoms. The van der Waals surface area contributed by atoms with Gasteiger partial charge in [0.15, 0.2) is 8.32 Å². The third kappa shape index (κ3) is 11.2. The summed E-state index contributed by atoms with van der Waals surface area (Å²) in [5, 5.41) is 9.29. The molecule has 1 N–H and O–H groups in total. The van der Waals surface area contributed by atoms with Gasteiger partial charge in [-0.1, -0.05) is 85.5 Å². The molecule has 0 aromatic carbocycles. The van der Waals surface area contributed by atoms with Gasteiger partial charge in [-0.3, -0.25) is 4.79 Å². The van der Waals surface area contributed by atoms with Gasteiger partial charge in [-0.15, -0.1) is 0 Å². The number of carboxylic acids is 1. The van der Waals surface area contributed by atoms with E-state index in [-0.39, 0.29) is 17.6 Å². The lowest BCUT2D eigenvalue weighted by Gasteiger charge is -2.39. The minimum atomic E-state index is -1.89. The molecule has 0 saturated carbocycles. The summed E-state index contributed by atoms with van der Waals surface area (Å²) >= 11 is 0. The van der Waals surface area contributed by atoms with Crippen molar-refractivity contribution in [3.63, 3.8) is 0 Å². The van der Waals surface area contributed by atoms with Crippen molar-refractivity contribution in [3.05, 3.63) is 0 Å². The molecular weight excluding hydrogens is 316 g/mol. The van der Waals surface area contributed by atoms with E-state index < -0.39 is 14.3 Å². The van der Waals surface area contributed by atoms with Gasteiger partial charge in [0.1, 0.15) is 0 Å². The third-order valence-corrected chi connectivity index (χ3v) is 9.83. The minimum absolute atomic E-state index is 0.118. The molecule has 0 heterocycles. The lowest BCUT2D eigenvalue weighted by Crippen LogP contribution is -2.44. The summed E-state index contributed by atoms with van der Waals surface area (Å²) in [4.78, 5) is 11.1. The summed E-state index contributed by atoms with van der Waals surface area (Å²) < 4.78 is 6.34. The Morgan fingerprint density at radius 3 is 1.83 bits per heavy atom. The predicted octanol–water partition coefficient (Wildman–Crippen LogP) is 6.77. The molecule has 0 fully saturated rings. The van der Waals surface area contributed by atoms with Gasteiger partial charge in [-0.05, 0) is 24.6 Å². The van der Waals surface area contributed by atoms with Gasteiger partial charge >= 0.3 is 5.97 Å². The molecule has 0 aromatic rings. The van der Waals surface area contributed by atoms with E-state index in [0.717, 1.165) is 12.8 Å². The second-order valence-electron chi connectivity index (χ2n) is 8.72. The molecule has 0 bridgehead atoms. The Labute approximate surface area is 151 Å². The average Bonchev–Trinajstić information content (AvgIpc) is 2.43. The maximum atomic E-state index is 11.1. The van der Waals surface area contributed by atoms with Crippen LogP contribution >= 0.6 is 0 Å². The van der Waals surface area contributed by atoms with Crippen LogP contribution in [0.3, 0.4) is 0 Å². The average molecular weight is 359 g/mol. The van der Waals surface area contributed by atoms with E-state index in [4.69, 9.17) is 9.53 Å². The maximum Gasteiger partial charge on any atom is 0.305 e. The monoisotopic (exact) mass is 358 g/mol. The zero-order chi connectivity index (χ0) is 18.6. The van der Waals surface area contributed by atoms with Crippen LogP contribution in [0.4, 0.5) is 0 Å². The summed E-state index contributed by atoms with van der Waals surface area (Å²) in [7, 11) is -1.89. The Morgan fingerprint density at radius 1 is 0.958 bits per heavy atom. The standard InChI is InChI=1S/C20H42O3Si/c1-7-8-9-10-11-12-13-14-15-16-18(17-19(21)22)23-24(5,6)20(2,3)4/h18H,7-17H2,1-6H3,(H,21,22)/t18-/m0/s1. The lowest BCUT2D eigenvalue weighted by molar-refractivity contribution is -0.139. The molecule has 0 rings (SSSR count). The number of aliphatic carboxylic acids is 1. The molecule has 0 spiro atoms. The quantitative estimate of drug-likeness (QED) is 0.275. The Bertz CT molecular complexity index is 334. The number of rotatable bonds is 14. The van der Waals surface area contributed by atoms with Gasteiger partial charge < -0.3 is 9.53 Å². The van der Waals surface area contributed by atoms with E-state index in [1.165, 1.54) is 51.4 Å². The Balaban J connectivity index is 4.07. The van der Waals surface area contributed by atoms with Gasteiger partial charge in [-0.25, -0.2) is 0 Å². The van der Waals surface area contributed by atoms with Crippen LogP contribution in [0.2, 0.25) is 18.1 Å². The summed E-state index contributed by atoms with van der Waals surface area (Å²) in [5.41, 5.74) is 0. The third-order valence-electron chi connectivity index (χ3n) is 5.30. The molecule has 144 valence electrons. The Morgan fingerprint density at radius 2 is 1.42 bits per heavy atom. The van der Waals surface area contributed by atoms with E-state index in [9.17, 15) is 4.79 Å². The number of hydrogen-bond acceptors (Lipinski definition) is 2. The highest BCUT2D eigenvalue weighted by Crippen LogP contribution is 2.38. The lowest BCUT2D eigenvalue weighted by atomic mass is 10.0. The van der Waals surface area contributed by atoms with Gasteiger partial charge in [0.2, 0.25) is 0 Å². The molecule has 0 aromatic heterocycles. The van der Waals surface area contributed by atoms with Gasteiger partial charge in [0.25, 0.3) is 0 Å². The van der Waals surface area contributed by atoms with Crippen LogP contribution in [0.1, 0.15) is 98.3 Å². The molecular formula is C20H42O3Si. The van der Waals surface area contributed by atoms with E-state index >= 15 is 0 Å². The number of carbonyl (C=O) groups is 1. The normalized spacial score (nSPS) is 13.9. The van der Waals surface area contributed by atoms with Crippen molar-refractivity contribution in [2.45, 2.75) is 123 Å². The van der Waals surface area contributed by atoms with E-state index in [0.29, 0.717) is 0 Å². The molecule has 0 aliphatic rings. The van der Waals surface area contributed by atoms with Gasteiger partial charge in [0, 0.05) is 0 Å². The number of carboxylic acid groups (broad SMARTS) is 1. The fraction of sp³-hybridized carbons (Fsp3) is 0.950. The second-order valence-corrected chi connectivity index (χ2v) is 13.5. The fourth-order valence-electron chi connectivity index (χ4n) is 2.67. The van der Waals surface area contributed by atoms with Crippen LogP contribution in [-0.4, -0.2) is 25.5 Å². The summed E-state index contributed by atoms with van der Waals surface area (Å²) in [6.45, 7) is 13.3. The fourth-order valence-corrected chi connectivity index (χ4v) is 4.06. The van der Waals surface area contributed by atoms with Crippen molar-refractivity contribution in [1.29, 1.82) is 0 Å². The molecule has 0 saturated heterocycles.